The van der Waals surface area contributed by atoms with Gasteiger partial charge in [-0.15, -0.1) is 0 Å². The molecule has 9 nitrogen and oxygen atoms in total. The van der Waals surface area contributed by atoms with Crippen LogP contribution in [0, 0.1) is 0 Å². The molecule has 2 atom stereocenters. The van der Waals surface area contributed by atoms with E-state index in [1.165, 1.54) is 19.2 Å². The maximum atomic E-state index is 11.8. The molecule has 1 fully saturated rings. The van der Waals surface area contributed by atoms with Crippen LogP contribution >= 0.6 is 0 Å². The van der Waals surface area contributed by atoms with Gasteiger partial charge in [-0.1, -0.05) is 0 Å². The van der Waals surface area contributed by atoms with Gasteiger partial charge in [-0.05, 0) is 58.1 Å². The van der Waals surface area contributed by atoms with E-state index in [2.05, 4.69) is 21.3 Å². The van der Waals surface area contributed by atoms with Gasteiger partial charge in [0.2, 0.25) is 0 Å². The van der Waals surface area contributed by atoms with Crippen molar-refractivity contribution in [3.63, 3.8) is 0 Å². The molecule has 0 saturated heterocycles. The molecule has 1 aliphatic rings. The zero-order chi connectivity index (χ0) is 20.8. The fourth-order valence-electron chi connectivity index (χ4n) is 2.67. The van der Waals surface area contributed by atoms with Gasteiger partial charge < -0.3 is 25.8 Å². The van der Waals surface area contributed by atoms with Crippen molar-refractivity contribution in [2.45, 2.75) is 64.6 Å². The molecule has 9 heteroatoms. The molecule has 0 heterocycles. The predicted octanol–water partition coefficient (Wildman–Crippen LogP) is 1.65. The highest BCUT2D eigenvalue weighted by Gasteiger charge is 2.23. The van der Waals surface area contributed by atoms with Crippen LogP contribution in [0.2, 0.25) is 0 Å². The number of urea groups is 1. The van der Waals surface area contributed by atoms with E-state index in [4.69, 9.17) is 4.74 Å². The first-order valence-electron chi connectivity index (χ1n) is 9.68. The molecule has 2 unspecified atom stereocenters. The van der Waals surface area contributed by atoms with Crippen LogP contribution in [-0.4, -0.2) is 48.3 Å². The van der Waals surface area contributed by atoms with Crippen molar-refractivity contribution in [3.05, 3.63) is 24.2 Å². The highest BCUT2D eigenvalue weighted by atomic mass is 16.6. The number of carbonyl (C=O) groups is 3. The summed E-state index contributed by atoms with van der Waals surface area (Å²) in [4.78, 5) is 34.3. The van der Waals surface area contributed by atoms with Crippen molar-refractivity contribution in [2.75, 3.05) is 13.1 Å². The fourth-order valence-corrected chi connectivity index (χ4v) is 2.67. The van der Waals surface area contributed by atoms with Gasteiger partial charge in [0.15, 0.2) is 5.78 Å². The standard InChI is InChI=1S/C19H32N4O5/c1-3-17(20-12-9-14(2)24)23-18(26)21-10-4-5-11-22-19(27)28-16-8-6-7-15(25)13-16/h3,9,12,15-16,20,25H,4-8,10-11,13H2,1-2H3,(H,22,27)(H2,21,23,26)/b12-9-,17-3?. The maximum Gasteiger partial charge on any atom is 0.407 e. The van der Waals surface area contributed by atoms with Gasteiger partial charge >= 0.3 is 12.1 Å². The Morgan fingerprint density at radius 3 is 2.50 bits per heavy atom. The Labute approximate surface area is 166 Å². The van der Waals surface area contributed by atoms with Crippen molar-refractivity contribution in [3.8, 4) is 0 Å². The summed E-state index contributed by atoms with van der Waals surface area (Å²) in [5.74, 6) is 0.369. The number of aliphatic hydroxyl groups is 1. The fraction of sp³-hybridized carbons (Fsp3) is 0.632. The van der Waals surface area contributed by atoms with Crippen LogP contribution in [0.25, 0.3) is 0 Å². The third-order valence-electron chi connectivity index (χ3n) is 4.12. The lowest BCUT2D eigenvalue weighted by molar-refractivity contribution is -0.112. The van der Waals surface area contributed by atoms with Gasteiger partial charge in [-0.25, -0.2) is 9.59 Å². The molecule has 1 rings (SSSR count). The minimum Gasteiger partial charge on any atom is -0.446 e. The van der Waals surface area contributed by atoms with E-state index in [0.29, 0.717) is 38.2 Å². The van der Waals surface area contributed by atoms with E-state index in [1.807, 2.05) is 0 Å². The van der Waals surface area contributed by atoms with Crippen LogP contribution in [0.3, 0.4) is 0 Å². The summed E-state index contributed by atoms with van der Waals surface area (Å²) >= 11 is 0. The largest absolute Gasteiger partial charge is 0.446 e. The van der Waals surface area contributed by atoms with Crippen LogP contribution in [0.1, 0.15) is 52.4 Å². The van der Waals surface area contributed by atoms with Gasteiger partial charge in [-0.2, -0.15) is 0 Å². The molecule has 5 N–H and O–H groups in total. The summed E-state index contributed by atoms with van der Waals surface area (Å²) in [6.07, 6.45) is 7.73. The molecule has 0 aromatic rings. The molecule has 1 aliphatic carbocycles. The zero-order valence-electron chi connectivity index (χ0n) is 16.6. The third kappa shape index (κ3) is 11.2. The second-order valence-corrected chi connectivity index (χ2v) is 6.65. The van der Waals surface area contributed by atoms with Crippen molar-refractivity contribution in [2.24, 2.45) is 0 Å². The highest BCUT2D eigenvalue weighted by Crippen LogP contribution is 2.20. The SMILES string of the molecule is CC=C(N/C=C\C(C)=O)NC(=O)NCCCCNC(=O)OC1CCCC(O)C1. The number of alkyl carbamates (subject to hydrolysis) is 1. The first-order chi connectivity index (χ1) is 13.4. The van der Waals surface area contributed by atoms with Crippen molar-refractivity contribution >= 4 is 17.9 Å². The molecule has 28 heavy (non-hydrogen) atoms. The number of unbranched alkanes of at least 4 members (excludes halogenated alkanes) is 1. The number of allylic oxidation sites excluding steroid dienone is 2. The molecule has 0 bridgehead atoms. The van der Waals surface area contributed by atoms with Crippen LogP contribution in [-0.2, 0) is 9.53 Å². The molecule has 0 aliphatic heterocycles. The number of nitrogens with one attached hydrogen (secondary N) is 4. The van der Waals surface area contributed by atoms with Gasteiger partial charge in [-0.3, -0.25) is 10.1 Å². The summed E-state index contributed by atoms with van der Waals surface area (Å²) in [5.41, 5.74) is 0. The van der Waals surface area contributed by atoms with E-state index >= 15 is 0 Å². The molecular weight excluding hydrogens is 364 g/mol. The first-order valence-corrected chi connectivity index (χ1v) is 9.68. The minimum atomic E-state index is -0.466. The van der Waals surface area contributed by atoms with E-state index in [0.717, 1.165) is 19.3 Å². The molecule has 158 valence electrons. The van der Waals surface area contributed by atoms with Crippen LogP contribution in [0.15, 0.2) is 24.2 Å². The summed E-state index contributed by atoms with van der Waals surface area (Å²) in [6, 6.07) is -0.361. The van der Waals surface area contributed by atoms with Gasteiger partial charge in [0.25, 0.3) is 0 Å². The number of aliphatic hydroxyl groups excluding tert-OH is 1. The van der Waals surface area contributed by atoms with E-state index in [-0.39, 0.29) is 24.0 Å². The van der Waals surface area contributed by atoms with Crippen molar-refractivity contribution in [1.29, 1.82) is 0 Å². The lowest BCUT2D eigenvalue weighted by atomic mass is 9.95. The minimum absolute atomic E-state index is 0.0961. The molecule has 1 saturated carbocycles. The lowest BCUT2D eigenvalue weighted by Crippen LogP contribution is -2.38. The molecule has 0 aromatic carbocycles. The monoisotopic (exact) mass is 396 g/mol. The Kier molecular flexibility index (Phi) is 11.4. The maximum absolute atomic E-state index is 11.8. The van der Waals surface area contributed by atoms with Crippen molar-refractivity contribution in [1.82, 2.24) is 21.3 Å². The number of hydrogen-bond donors (Lipinski definition) is 5. The van der Waals surface area contributed by atoms with Gasteiger partial charge in [0, 0.05) is 25.7 Å². The Morgan fingerprint density at radius 2 is 1.86 bits per heavy atom. The topological polar surface area (TPSA) is 129 Å². The number of ether oxygens (including phenoxy) is 1. The Balaban J connectivity index is 2.07. The second kappa shape index (κ2) is 13.6. The summed E-state index contributed by atoms with van der Waals surface area (Å²) in [6.45, 7) is 4.10. The smallest absolute Gasteiger partial charge is 0.407 e. The normalized spacial score (nSPS) is 19.8. The average molecular weight is 396 g/mol. The number of carbonyl (C=O) groups excluding carboxylic acids is 3. The highest BCUT2D eigenvalue weighted by molar-refractivity contribution is 5.87. The van der Waals surface area contributed by atoms with Crippen LogP contribution in [0.5, 0.6) is 0 Å². The van der Waals surface area contributed by atoms with E-state index in [1.54, 1.807) is 13.0 Å². The molecule has 0 radical (unpaired) electrons. The molecular formula is C19H32N4O5. The first kappa shape index (κ1) is 23.5. The summed E-state index contributed by atoms with van der Waals surface area (Å²) < 4.78 is 5.28. The predicted molar refractivity (Wildman–Crippen MR) is 105 cm³/mol. The van der Waals surface area contributed by atoms with E-state index in [9.17, 15) is 19.5 Å². The Hall–Kier alpha value is -2.55. The number of hydrogen-bond acceptors (Lipinski definition) is 6. The third-order valence-corrected chi connectivity index (χ3v) is 4.12. The molecule has 0 spiro atoms. The van der Waals surface area contributed by atoms with Gasteiger partial charge in [0.1, 0.15) is 11.9 Å². The Morgan fingerprint density at radius 1 is 1.14 bits per heavy atom. The Bertz CT molecular complexity index is 577. The average Bonchev–Trinajstić information content (AvgIpc) is 2.63. The number of amides is 3. The summed E-state index contributed by atoms with van der Waals surface area (Å²) in [5, 5.41) is 20.4. The lowest BCUT2D eigenvalue weighted by Gasteiger charge is -2.25. The van der Waals surface area contributed by atoms with Crippen LogP contribution < -0.4 is 21.3 Å². The quantitative estimate of drug-likeness (QED) is 0.282. The van der Waals surface area contributed by atoms with E-state index < -0.39 is 6.09 Å². The second-order valence-electron chi connectivity index (χ2n) is 6.65. The van der Waals surface area contributed by atoms with Gasteiger partial charge in [0.05, 0.1) is 6.10 Å². The number of ketones is 1. The number of rotatable bonds is 10. The molecule has 3 amide bonds. The van der Waals surface area contributed by atoms with Crippen molar-refractivity contribution < 1.29 is 24.2 Å². The van der Waals surface area contributed by atoms with Crippen LogP contribution in [0.4, 0.5) is 9.59 Å². The zero-order valence-corrected chi connectivity index (χ0v) is 16.6. The summed E-state index contributed by atoms with van der Waals surface area (Å²) in [7, 11) is 0. The molecule has 0 aromatic heterocycles.